The highest BCUT2D eigenvalue weighted by molar-refractivity contribution is 5.69. The third-order valence-electron chi connectivity index (χ3n) is 3.88. The fourth-order valence-electron chi connectivity index (χ4n) is 2.53. The van der Waals surface area contributed by atoms with Crippen molar-refractivity contribution in [3.05, 3.63) is 0 Å². The Kier molecular flexibility index (Phi) is 16.3. The number of aliphatic hydroxyl groups excluding tert-OH is 1. The molecule has 0 heterocycles. The Hall–Kier alpha value is -0.610. The Morgan fingerprint density at radius 2 is 1.18 bits per heavy atom. The average molecular weight is 316 g/mol. The number of hydrogen-bond acceptors (Lipinski definition) is 4. The molecule has 0 saturated carbocycles. The molecule has 0 amide bonds. The summed E-state index contributed by atoms with van der Waals surface area (Å²) >= 11 is 0. The van der Waals surface area contributed by atoms with Gasteiger partial charge in [-0.25, -0.2) is 0 Å². The lowest BCUT2D eigenvalue weighted by Gasteiger charge is -2.06. The van der Waals surface area contributed by atoms with Gasteiger partial charge < -0.3 is 14.9 Å². The van der Waals surface area contributed by atoms with Crippen LogP contribution in [0.25, 0.3) is 0 Å². The lowest BCUT2D eigenvalue weighted by Crippen LogP contribution is -2.17. The van der Waals surface area contributed by atoms with Crippen LogP contribution in [0.2, 0.25) is 0 Å². The SMILES string of the molecule is CCCCCCCCCCCCCCCC(=O)OCC(O)O. The normalized spacial score (nSPS) is 11.1. The first-order valence-electron chi connectivity index (χ1n) is 9.18. The van der Waals surface area contributed by atoms with Crippen LogP contribution in [0, 0.1) is 0 Å². The van der Waals surface area contributed by atoms with Gasteiger partial charge >= 0.3 is 5.97 Å². The molecule has 0 aromatic carbocycles. The minimum Gasteiger partial charge on any atom is -0.460 e. The van der Waals surface area contributed by atoms with Crippen molar-refractivity contribution in [2.24, 2.45) is 0 Å². The fourth-order valence-corrected chi connectivity index (χ4v) is 2.53. The quantitative estimate of drug-likeness (QED) is 0.253. The third kappa shape index (κ3) is 17.4. The monoisotopic (exact) mass is 316 g/mol. The van der Waals surface area contributed by atoms with Gasteiger partial charge in [-0.05, 0) is 6.42 Å². The van der Waals surface area contributed by atoms with E-state index in [1.807, 2.05) is 0 Å². The topological polar surface area (TPSA) is 66.8 Å². The minimum atomic E-state index is -1.56. The number of rotatable bonds is 16. The van der Waals surface area contributed by atoms with Crippen LogP contribution < -0.4 is 0 Å². The van der Waals surface area contributed by atoms with E-state index in [4.69, 9.17) is 10.2 Å². The van der Waals surface area contributed by atoms with Crippen molar-refractivity contribution in [3.8, 4) is 0 Å². The molecule has 0 unspecified atom stereocenters. The van der Waals surface area contributed by atoms with Crippen LogP contribution in [0.5, 0.6) is 0 Å². The van der Waals surface area contributed by atoms with E-state index in [9.17, 15) is 4.79 Å². The van der Waals surface area contributed by atoms with Crippen molar-refractivity contribution in [3.63, 3.8) is 0 Å². The predicted molar refractivity (Wildman–Crippen MR) is 89.5 cm³/mol. The Bertz CT molecular complexity index is 241. The summed E-state index contributed by atoms with van der Waals surface area (Å²) in [7, 11) is 0. The molecular weight excluding hydrogens is 280 g/mol. The summed E-state index contributed by atoms with van der Waals surface area (Å²) < 4.78 is 4.67. The molecule has 0 bridgehead atoms. The van der Waals surface area contributed by atoms with Gasteiger partial charge in [-0.3, -0.25) is 4.79 Å². The van der Waals surface area contributed by atoms with Crippen LogP contribution in [0.3, 0.4) is 0 Å². The summed E-state index contributed by atoms with van der Waals surface area (Å²) in [5.41, 5.74) is 0. The molecule has 2 N–H and O–H groups in total. The number of carbonyl (C=O) groups is 1. The van der Waals surface area contributed by atoms with Crippen LogP contribution in [-0.2, 0) is 9.53 Å². The van der Waals surface area contributed by atoms with E-state index < -0.39 is 6.29 Å². The zero-order valence-electron chi connectivity index (χ0n) is 14.4. The lowest BCUT2D eigenvalue weighted by molar-refractivity contribution is -0.156. The average Bonchev–Trinajstić information content (AvgIpc) is 2.49. The molecule has 0 aromatic rings. The summed E-state index contributed by atoms with van der Waals surface area (Å²) in [4.78, 5) is 11.2. The van der Waals surface area contributed by atoms with Crippen LogP contribution >= 0.6 is 0 Å². The van der Waals surface area contributed by atoms with Crippen molar-refractivity contribution in [2.45, 2.75) is 103 Å². The summed E-state index contributed by atoms with van der Waals surface area (Å²) in [5, 5.41) is 17.1. The second kappa shape index (κ2) is 16.8. The lowest BCUT2D eigenvalue weighted by atomic mass is 10.0. The number of carbonyl (C=O) groups excluding carboxylic acids is 1. The van der Waals surface area contributed by atoms with Gasteiger partial charge in [0.2, 0.25) is 0 Å². The maximum Gasteiger partial charge on any atom is 0.305 e. The van der Waals surface area contributed by atoms with Crippen LogP contribution in [0.1, 0.15) is 96.8 Å². The largest absolute Gasteiger partial charge is 0.460 e. The number of ether oxygens (including phenoxy) is 1. The molecule has 0 saturated heterocycles. The summed E-state index contributed by atoms with van der Waals surface area (Å²) in [5.74, 6) is -0.337. The third-order valence-corrected chi connectivity index (χ3v) is 3.88. The van der Waals surface area contributed by atoms with E-state index in [1.54, 1.807) is 0 Å². The molecule has 0 radical (unpaired) electrons. The first kappa shape index (κ1) is 21.4. The van der Waals surface area contributed by atoms with E-state index in [1.165, 1.54) is 70.6 Å². The molecule has 0 aliphatic rings. The molecule has 132 valence electrons. The molecule has 0 spiro atoms. The van der Waals surface area contributed by atoms with Crippen LogP contribution in [-0.4, -0.2) is 29.1 Å². The van der Waals surface area contributed by atoms with E-state index in [0.717, 1.165) is 12.8 Å². The molecule has 0 aliphatic carbocycles. The highest BCUT2D eigenvalue weighted by Crippen LogP contribution is 2.13. The summed E-state index contributed by atoms with van der Waals surface area (Å²) in [6.07, 6.45) is 15.4. The van der Waals surface area contributed by atoms with Crippen molar-refractivity contribution in [1.29, 1.82) is 0 Å². The van der Waals surface area contributed by atoms with Gasteiger partial charge in [-0.1, -0.05) is 84.0 Å². The van der Waals surface area contributed by atoms with Gasteiger partial charge in [0.25, 0.3) is 0 Å². The van der Waals surface area contributed by atoms with Gasteiger partial charge in [0.15, 0.2) is 6.29 Å². The molecule has 4 nitrogen and oxygen atoms in total. The van der Waals surface area contributed by atoms with Gasteiger partial charge in [0, 0.05) is 6.42 Å². The number of hydrogen-bond donors (Lipinski definition) is 2. The molecule has 0 atom stereocenters. The van der Waals surface area contributed by atoms with E-state index in [-0.39, 0.29) is 12.6 Å². The maximum atomic E-state index is 11.2. The first-order valence-corrected chi connectivity index (χ1v) is 9.18. The highest BCUT2D eigenvalue weighted by Gasteiger charge is 2.05. The van der Waals surface area contributed by atoms with Crippen molar-refractivity contribution in [2.75, 3.05) is 6.61 Å². The predicted octanol–water partition coefficient (Wildman–Crippen LogP) is 4.32. The molecule has 4 heteroatoms. The van der Waals surface area contributed by atoms with Gasteiger partial charge in [-0.2, -0.15) is 0 Å². The molecule has 0 aliphatic heterocycles. The highest BCUT2D eigenvalue weighted by atomic mass is 16.6. The number of unbranched alkanes of at least 4 members (excludes halogenated alkanes) is 12. The zero-order chi connectivity index (χ0) is 16.5. The van der Waals surface area contributed by atoms with Gasteiger partial charge in [0.05, 0.1) is 0 Å². The zero-order valence-corrected chi connectivity index (χ0v) is 14.4. The number of aliphatic hydroxyl groups is 2. The Balaban J connectivity index is 3.09. The first-order chi connectivity index (χ1) is 10.7. The van der Waals surface area contributed by atoms with Crippen molar-refractivity contribution < 1.29 is 19.7 Å². The summed E-state index contributed by atoms with van der Waals surface area (Å²) in [6, 6.07) is 0. The molecule has 0 fully saturated rings. The number of esters is 1. The fraction of sp³-hybridized carbons (Fsp3) is 0.944. The van der Waals surface area contributed by atoms with Gasteiger partial charge in [-0.15, -0.1) is 0 Å². The van der Waals surface area contributed by atoms with Crippen LogP contribution in [0.4, 0.5) is 0 Å². The second-order valence-electron chi connectivity index (χ2n) is 6.16. The van der Waals surface area contributed by atoms with E-state index in [2.05, 4.69) is 11.7 Å². The molecular formula is C18H36O4. The summed E-state index contributed by atoms with van der Waals surface area (Å²) in [6.45, 7) is 1.93. The molecule has 0 aromatic heterocycles. The van der Waals surface area contributed by atoms with Crippen molar-refractivity contribution in [1.82, 2.24) is 0 Å². The Labute approximate surface area is 136 Å². The standard InChI is InChI=1S/C18H36O4/c1-2-3-4-5-6-7-8-9-10-11-12-13-14-15-18(21)22-16-17(19)20/h17,19-20H,2-16H2,1H3. The van der Waals surface area contributed by atoms with Gasteiger partial charge in [0.1, 0.15) is 6.61 Å². The minimum absolute atomic E-state index is 0.322. The van der Waals surface area contributed by atoms with E-state index >= 15 is 0 Å². The Morgan fingerprint density at radius 1 is 0.773 bits per heavy atom. The maximum absolute atomic E-state index is 11.2. The van der Waals surface area contributed by atoms with Crippen LogP contribution in [0.15, 0.2) is 0 Å². The molecule has 0 rings (SSSR count). The Morgan fingerprint density at radius 3 is 1.59 bits per heavy atom. The smallest absolute Gasteiger partial charge is 0.305 e. The molecule has 22 heavy (non-hydrogen) atoms. The second-order valence-corrected chi connectivity index (χ2v) is 6.16. The van der Waals surface area contributed by atoms with E-state index in [0.29, 0.717) is 6.42 Å². The van der Waals surface area contributed by atoms with Crippen molar-refractivity contribution >= 4 is 5.97 Å².